The van der Waals surface area contributed by atoms with E-state index >= 15 is 0 Å². The number of carbonyl (C=O) groups is 2. The van der Waals surface area contributed by atoms with Gasteiger partial charge < -0.3 is 9.64 Å². The number of hydrogen-bond acceptors (Lipinski definition) is 3. The van der Waals surface area contributed by atoms with Crippen LogP contribution >= 0.6 is 0 Å². The molecule has 3 rings (SSSR count). The molecule has 1 heterocycles. The number of nitrogens with one attached hydrogen (secondary N) is 1. The van der Waals surface area contributed by atoms with E-state index in [1.807, 2.05) is 59.5 Å². The van der Waals surface area contributed by atoms with E-state index < -0.39 is 6.09 Å². The molecule has 0 aromatic heterocycles. The van der Waals surface area contributed by atoms with Crippen molar-refractivity contribution in [3.05, 3.63) is 65.7 Å². The van der Waals surface area contributed by atoms with Gasteiger partial charge in [-0.2, -0.15) is 0 Å². The number of rotatable bonds is 4. The highest BCUT2D eigenvalue weighted by molar-refractivity contribution is 5.94. The van der Waals surface area contributed by atoms with Crippen LogP contribution in [0, 0.1) is 0 Å². The number of likely N-dealkylation sites (tertiary alicyclic amines) is 1. The number of hydrogen-bond donors (Lipinski definition) is 1. The molecule has 27 heavy (non-hydrogen) atoms. The van der Waals surface area contributed by atoms with E-state index in [0.29, 0.717) is 37.4 Å². The van der Waals surface area contributed by atoms with Crippen molar-refractivity contribution in [2.45, 2.75) is 38.7 Å². The van der Waals surface area contributed by atoms with Crippen molar-refractivity contribution in [3.8, 4) is 0 Å². The number of anilines is 1. The first-order chi connectivity index (χ1) is 13.0. The molecular formula is C22H26N2O3. The summed E-state index contributed by atoms with van der Waals surface area (Å²) in [6.45, 7) is 5.45. The zero-order valence-electron chi connectivity index (χ0n) is 15.9. The van der Waals surface area contributed by atoms with Crippen LogP contribution in [-0.4, -0.2) is 36.1 Å². The number of ether oxygens (including phenoxy) is 1. The zero-order valence-corrected chi connectivity index (χ0v) is 15.9. The molecule has 1 fully saturated rings. The maximum Gasteiger partial charge on any atom is 0.411 e. The van der Waals surface area contributed by atoms with Gasteiger partial charge in [0.15, 0.2) is 0 Å². The molecule has 0 saturated carbocycles. The molecule has 0 unspecified atom stereocenters. The number of carbonyl (C=O) groups excluding carboxylic acids is 2. The number of nitrogens with zero attached hydrogens (tertiary/aromatic N) is 1. The van der Waals surface area contributed by atoms with Gasteiger partial charge in [-0.1, -0.05) is 44.2 Å². The average Bonchev–Trinajstić information content (AvgIpc) is 2.69. The van der Waals surface area contributed by atoms with Crippen LogP contribution in [0.2, 0.25) is 0 Å². The molecule has 0 spiro atoms. The minimum atomic E-state index is -0.444. The van der Waals surface area contributed by atoms with E-state index in [9.17, 15) is 9.59 Å². The minimum Gasteiger partial charge on any atom is -0.446 e. The Morgan fingerprint density at radius 1 is 1.00 bits per heavy atom. The van der Waals surface area contributed by atoms with Crippen molar-refractivity contribution in [1.82, 2.24) is 4.90 Å². The van der Waals surface area contributed by atoms with Gasteiger partial charge >= 0.3 is 6.09 Å². The number of amides is 2. The lowest BCUT2D eigenvalue weighted by atomic mass is 10.0. The molecule has 5 nitrogen and oxygen atoms in total. The van der Waals surface area contributed by atoms with Crippen LogP contribution < -0.4 is 5.32 Å². The van der Waals surface area contributed by atoms with Gasteiger partial charge in [-0.25, -0.2) is 4.79 Å². The smallest absolute Gasteiger partial charge is 0.411 e. The van der Waals surface area contributed by atoms with Gasteiger partial charge in [-0.15, -0.1) is 0 Å². The van der Waals surface area contributed by atoms with Gasteiger partial charge in [0.1, 0.15) is 6.10 Å². The van der Waals surface area contributed by atoms with Crippen molar-refractivity contribution in [2.24, 2.45) is 0 Å². The lowest BCUT2D eigenvalue weighted by molar-refractivity contribution is 0.0468. The van der Waals surface area contributed by atoms with E-state index in [4.69, 9.17) is 4.74 Å². The standard InChI is InChI=1S/C22H26N2O3/c1-16(2)17-8-10-19(11-9-17)23-22(26)27-20-12-14-24(15-13-20)21(25)18-6-4-3-5-7-18/h3-11,16,20H,12-15H2,1-2H3,(H,23,26). The molecule has 1 aliphatic rings. The quantitative estimate of drug-likeness (QED) is 0.856. The molecule has 5 heteroatoms. The third kappa shape index (κ3) is 5.09. The largest absolute Gasteiger partial charge is 0.446 e. The molecule has 1 aliphatic heterocycles. The average molecular weight is 366 g/mol. The van der Waals surface area contributed by atoms with Crippen LogP contribution in [-0.2, 0) is 4.74 Å². The number of benzene rings is 2. The van der Waals surface area contributed by atoms with Gasteiger partial charge in [-0.3, -0.25) is 10.1 Å². The van der Waals surface area contributed by atoms with Gasteiger partial charge in [0, 0.05) is 37.2 Å². The molecule has 0 atom stereocenters. The van der Waals surface area contributed by atoms with Crippen LogP contribution in [0.5, 0.6) is 0 Å². The fourth-order valence-electron chi connectivity index (χ4n) is 3.19. The number of piperidine rings is 1. The Morgan fingerprint density at radius 3 is 2.22 bits per heavy atom. The summed E-state index contributed by atoms with van der Waals surface area (Å²) in [5.74, 6) is 0.485. The highest BCUT2D eigenvalue weighted by Crippen LogP contribution is 2.19. The van der Waals surface area contributed by atoms with Crippen molar-refractivity contribution in [2.75, 3.05) is 18.4 Å². The Hall–Kier alpha value is -2.82. The Morgan fingerprint density at radius 2 is 1.63 bits per heavy atom. The molecule has 142 valence electrons. The zero-order chi connectivity index (χ0) is 19.2. The first-order valence-corrected chi connectivity index (χ1v) is 9.45. The molecule has 2 aromatic rings. The van der Waals surface area contributed by atoms with Crippen molar-refractivity contribution in [3.63, 3.8) is 0 Å². The van der Waals surface area contributed by atoms with Crippen molar-refractivity contribution in [1.29, 1.82) is 0 Å². The SMILES string of the molecule is CC(C)c1ccc(NC(=O)OC2CCN(C(=O)c3ccccc3)CC2)cc1. The summed E-state index contributed by atoms with van der Waals surface area (Å²) in [6.07, 6.45) is 0.691. The van der Waals surface area contributed by atoms with Crippen LogP contribution in [0.4, 0.5) is 10.5 Å². The fraction of sp³-hybridized carbons (Fsp3) is 0.364. The molecule has 0 aliphatic carbocycles. The molecule has 1 saturated heterocycles. The first-order valence-electron chi connectivity index (χ1n) is 9.45. The highest BCUT2D eigenvalue weighted by Gasteiger charge is 2.25. The summed E-state index contributed by atoms with van der Waals surface area (Å²) in [5, 5.41) is 2.77. The third-order valence-electron chi connectivity index (χ3n) is 4.85. The summed E-state index contributed by atoms with van der Waals surface area (Å²) >= 11 is 0. The minimum absolute atomic E-state index is 0.0312. The predicted molar refractivity (Wildman–Crippen MR) is 106 cm³/mol. The second-order valence-electron chi connectivity index (χ2n) is 7.16. The van der Waals surface area contributed by atoms with E-state index in [0.717, 1.165) is 5.69 Å². The summed E-state index contributed by atoms with van der Waals surface area (Å²) in [4.78, 5) is 26.4. The lowest BCUT2D eigenvalue weighted by Crippen LogP contribution is -2.41. The third-order valence-corrected chi connectivity index (χ3v) is 4.85. The summed E-state index contributed by atoms with van der Waals surface area (Å²) in [6, 6.07) is 17.1. The second kappa shape index (κ2) is 8.71. The molecule has 0 radical (unpaired) electrons. The van der Waals surface area contributed by atoms with Crippen LogP contribution in [0.1, 0.15) is 48.5 Å². The van der Waals surface area contributed by atoms with Gasteiger partial charge in [-0.05, 0) is 35.7 Å². The second-order valence-corrected chi connectivity index (χ2v) is 7.16. The molecular weight excluding hydrogens is 340 g/mol. The lowest BCUT2D eigenvalue weighted by Gasteiger charge is -2.31. The first kappa shape index (κ1) is 19.0. The maximum absolute atomic E-state index is 12.5. The van der Waals surface area contributed by atoms with Gasteiger partial charge in [0.05, 0.1) is 0 Å². The Labute approximate surface area is 160 Å². The van der Waals surface area contributed by atoms with E-state index in [1.165, 1.54) is 5.56 Å². The van der Waals surface area contributed by atoms with Gasteiger partial charge in [0.2, 0.25) is 0 Å². The van der Waals surface area contributed by atoms with Crippen LogP contribution in [0.15, 0.2) is 54.6 Å². The Balaban J connectivity index is 1.46. The Kier molecular flexibility index (Phi) is 6.12. The van der Waals surface area contributed by atoms with Crippen molar-refractivity contribution >= 4 is 17.7 Å². The summed E-state index contributed by atoms with van der Waals surface area (Å²) in [7, 11) is 0. The predicted octanol–water partition coefficient (Wildman–Crippen LogP) is 4.66. The highest BCUT2D eigenvalue weighted by atomic mass is 16.6. The van der Waals surface area contributed by atoms with E-state index in [-0.39, 0.29) is 12.0 Å². The van der Waals surface area contributed by atoms with Crippen molar-refractivity contribution < 1.29 is 14.3 Å². The fourth-order valence-corrected chi connectivity index (χ4v) is 3.19. The maximum atomic E-state index is 12.5. The van der Waals surface area contributed by atoms with E-state index in [1.54, 1.807) is 0 Å². The molecule has 1 N–H and O–H groups in total. The van der Waals surface area contributed by atoms with E-state index in [2.05, 4.69) is 19.2 Å². The normalized spacial score (nSPS) is 14.9. The van der Waals surface area contributed by atoms with Gasteiger partial charge in [0.25, 0.3) is 5.91 Å². The Bertz CT molecular complexity index is 764. The monoisotopic (exact) mass is 366 g/mol. The van der Waals surface area contributed by atoms with Crippen LogP contribution in [0.3, 0.4) is 0 Å². The molecule has 2 aromatic carbocycles. The molecule has 2 amide bonds. The summed E-state index contributed by atoms with van der Waals surface area (Å²) < 4.78 is 5.52. The topological polar surface area (TPSA) is 58.6 Å². The summed E-state index contributed by atoms with van der Waals surface area (Å²) in [5.41, 5.74) is 2.64. The van der Waals surface area contributed by atoms with Crippen LogP contribution in [0.25, 0.3) is 0 Å². The molecule has 0 bridgehead atoms.